The molecule has 0 amide bonds. The molecule has 3 heteroatoms. The average molecular weight is 490 g/mol. The SMILES string of the molecule is CC[C]1([Zr])C=Cc2ccccc21.I.I. The van der Waals surface area contributed by atoms with Crippen molar-refractivity contribution in [2.24, 2.45) is 0 Å². The van der Waals surface area contributed by atoms with E-state index in [0.29, 0.717) is 3.12 Å². The molecule has 1 aliphatic carbocycles. The van der Waals surface area contributed by atoms with Crippen molar-refractivity contribution in [3.8, 4) is 0 Å². The van der Waals surface area contributed by atoms with E-state index in [1.165, 1.54) is 17.5 Å². The van der Waals surface area contributed by atoms with Crippen molar-refractivity contribution in [2.75, 3.05) is 0 Å². The number of hydrogen-bond donors (Lipinski definition) is 0. The van der Waals surface area contributed by atoms with E-state index in [1.807, 2.05) is 0 Å². The van der Waals surface area contributed by atoms with Crippen LogP contribution in [0.5, 0.6) is 0 Å². The fourth-order valence-corrected chi connectivity index (χ4v) is 2.44. The minimum atomic E-state index is 0. The fourth-order valence-electron chi connectivity index (χ4n) is 1.68. The van der Waals surface area contributed by atoms with Gasteiger partial charge in [-0.15, -0.1) is 48.0 Å². The third-order valence-electron chi connectivity index (χ3n) is 2.55. The van der Waals surface area contributed by atoms with Crippen molar-refractivity contribution in [1.82, 2.24) is 0 Å². The maximum atomic E-state index is 2.36. The van der Waals surface area contributed by atoms with Gasteiger partial charge in [0.15, 0.2) is 0 Å². The van der Waals surface area contributed by atoms with Crippen molar-refractivity contribution < 1.29 is 24.7 Å². The Kier molecular flexibility index (Phi) is 6.71. The molecule has 0 saturated heterocycles. The van der Waals surface area contributed by atoms with Gasteiger partial charge in [0.25, 0.3) is 0 Å². The van der Waals surface area contributed by atoms with Gasteiger partial charge in [0, 0.05) is 0 Å². The van der Waals surface area contributed by atoms with Crippen LogP contribution >= 0.6 is 48.0 Å². The number of fused-ring (bicyclic) bond motifs is 1. The summed E-state index contributed by atoms with van der Waals surface area (Å²) in [5.74, 6) is 0. The van der Waals surface area contributed by atoms with Gasteiger partial charge in [-0.3, -0.25) is 0 Å². The molecule has 0 spiro atoms. The van der Waals surface area contributed by atoms with Gasteiger partial charge < -0.3 is 0 Å². The molecular formula is C11H13I2Zr. The van der Waals surface area contributed by atoms with E-state index < -0.39 is 0 Å². The van der Waals surface area contributed by atoms with E-state index in [2.05, 4.69) is 43.3 Å². The zero-order valence-corrected chi connectivity index (χ0v) is 15.1. The third kappa shape index (κ3) is 2.70. The summed E-state index contributed by atoms with van der Waals surface area (Å²) in [5, 5.41) is 0. The fraction of sp³-hybridized carbons (Fsp3) is 0.273. The van der Waals surface area contributed by atoms with Crippen LogP contribution in [0.2, 0.25) is 0 Å². The third-order valence-corrected chi connectivity index (χ3v) is 4.49. The van der Waals surface area contributed by atoms with Gasteiger partial charge in [-0.25, -0.2) is 0 Å². The van der Waals surface area contributed by atoms with E-state index in [4.69, 9.17) is 0 Å². The monoisotopic (exact) mass is 489 g/mol. The van der Waals surface area contributed by atoms with Crippen LogP contribution in [0, 0.1) is 0 Å². The summed E-state index contributed by atoms with van der Waals surface area (Å²) >= 11 is 1.60. The number of hydrogen-bond acceptors (Lipinski definition) is 0. The van der Waals surface area contributed by atoms with Crippen LogP contribution < -0.4 is 0 Å². The van der Waals surface area contributed by atoms with Crippen molar-refractivity contribution in [3.05, 3.63) is 41.5 Å². The Hall–Kier alpha value is 1.30. The van der Waals surface area contributed by atoms with Gasteiger partial charge >= 0.3 is 88.7 Å². The Morgan fingerprint density at radius 1 is 1.21 bits per heavy atom. The second-order valence-electron chi connectivity index (χ2n) is 3.25. The summed E-state index contributed by atoms with van der Waals surface area (Å²) in [6.45, 7) is 2.26. The Morgan fingerprint density at radius 2 is 1.86 bits per heavy atom. The molecule has 0 aromatic heterocycles. The van der Waals surface area contributed by atoms with E-state index >= 15 is 0 Å². The molecule has 0 aliphatic heterocycles. The first-order valence-electron chi connectivity index (χ1n) is 4.30. The normalized spacial score (nSPS) is 22.0. The van der Waals surface area contributed by atoms with Crippen LogP contribution in [0.25, 0.3) is 6.08 Å². The van der Waals surface area contributed by atoms with E-state index in [9.17, 15) is 0 Å². The first kappa shape index (κ1) is 15.3. The summed E-state index contributed by atoms with van der Waals surface area (Å²) < 4.78 is 0.378. The summed E-state index contributed by atoms with van der Waals surface area (Å²) in [7, 11) is 0. The molecule has 1 aliphatic rings. The van der Waals surface area contributed by atoms with Gasteiger partial charge in [-0.05, 0) is 0 Å². The number of benzene rings is 1. The summed E-state index contributed by atoms with van der Waals surface area (Å²) in [6.07, 6.45) is 5.84. The number of rotatable bonds is 1. The maximum Gasteiger partial charge on any atom is -0.107 e. The Morgan fingerprint density at radius 3 is 2.50 bits per heavy atom. The maximum absolute atomic E-state index is 2.36. The largest absolute Gasteiger partial charge is 0.107 e. The quantitative estimate of drug-likeness (QED) is 0.521. The number of allylic oxidation sites excluding steroid dienone is 1. The Balaban J connectivity index is 0.000000845. The summed E-state index contributed by atoms with van der Waals surface area (Å²) in [5.41, 5.74) is 2.93. The molecule has 0 N–H and O–H groups in total. The van der Waals surface area contributed by atoms with Gasteiger partial charge in [0.2, 0.25) is 0 Å². The number of halogens is 2. The van der Waals surface area contributed by atoms with Crippen LogP contribution in [0.3, 0.4) is 0 Å². The molecular weight excluding hydrogens is 477 g/mol. The zero-order valence-electron chi connectivity index (χ0n) is 7.99. The standard InChI is InChI=1S/C11H11.2HI.Zr/c1-2-9-7-8-10-5-3-4-6-11(9)10;;;/h3-8H,2H2,1H3;2*1H;. The van der Waals surface area contributed by atoms with Crippen LogP contribution in [0.15, 0.2) is 30.3 Å². The Bertz CT molecular complexity index is 336. The van der Waals surface area contributed by atoms with Gasteiger partial charge in [-0.2, -0.15) is 0 Å². The minimum Gasteiger partial charge on any atom is -0.107 e. The smallest absolute Gasteiger partial charge is 0.107 e. The summed E-state index contributed by atoms with van der Waals surface area (Å²) in [4.78, 5) is 0. The first-order valence-corrected chi connectivity index (χ1v) is 5.53. The molecule has 75 valence electrons. The van der Waals surface area contributed by atoms with E-state index in [-0.39, 0.29) is 48.0 Å². The topological polar surface area (TPSA) is 0 Å². The van der Waals surface area contributed by atoms with Crippen LogP contribution in [-0.4, -0.2) is 0 Å². The molecule has 1 unspecified atom stereocenters. The molecule has 1 aromatic carbocycles. The van der Waals surface area contributed by atoms with Crippen molar-refractivity contribution >= 4 is 54.0 Å². The second-order valence-corrected chi connectivity index (χ2v) is 5.44. The Labute approximate surface area is 135 Å². The van der Waals surface area contributed by atoms with Gasteiger partial charge in [0.05, 0.1) is 0 Å². The van der Waals surface area contributed by atoms with Crippen LogP contribution in [0.4, 0.5) is 0 Å². The van der Waals surface area contributed by atoms with Gasteiger partial charge in [-0.1, -0.05) is 0 Å². The van der Waals surface area contributed by atoms with Crippen molar-refractivity contribution in [2.45, 2.75) is 16.5 Å². The van der Waals surface area contributed by atoms with E-state index in [0.717, 1.165) is 0 Å². The van der Waals surface area contributed by atoms with Crippen molar-refractivity contribution in [3.63, 3.8) is 0 Å². The predicted octanol–water partition coefficient (Wildman–Crippen LogP) is 4.10. The first-order chi connectivity index (χ1) is 5.76. The molecule has 2 rings (SSSR count). The van der Waals surface area contributed by atoms with Crippen LogP contribution in [-0.2, 0) is 27.8 Å². The minimum absolute atomic E-state index is 0. The molecule has 14 heavy (non-hydrogen) atoms. The molecule has 0 bridgehead atoms. The molecule has 0 fully saturated rings. The van der Waals surface area contributed by atoms with E-state index in [1.54, 1.807) is 24.7 Å². The molecule has 0 saturated carbocycles. The predicted molar refractivity (Wildman–Crippen MR) is 78.3 cm³/mol. The molecule has 0 heterocycles. The second kappa shape index (κ2) is 6.14. The molecule has 0 nitrogen and oxygen atoms in total. The molecule has 0 radical (unpaired) electrons. The van der Waals surface area contributed by atoms with Gasteiger partial charge in [0.1, 0.15) is 0 Å². The molecule has 1 atom stereocenters. The average Bonchev–Trinajstić information content (AvgIpc) is 2.46. The van der Waals surface area contributed by atoms with Crippen LogP contribution in [0.1, 0.15) is 24.5 Å². The summed E-state index contributed by atoms with van der Waals surface area (Å²) in [6, 6.07) is 8.71. The van der Waals surface area contributed by atoms with Crippen molar-refractivity contribution in [1.29, 1.82) is 0 Å². The zero-order chi connectivity index (χ0) is 8.60. The molecule has 1 aromatic rings.